The molecule has 0 fully saturated rings. The summed E-state index contributed by atoms with van der Waals surface area (Å²) < 4.78 is 0.807. The molecule has 2 heterocycles. The molecule has 19 heavy (non-hydrogen) atoms. The highest BCUT2D eigenvalue weighted by Crippen LogP contribution is 2.33. The average molecular weight is 316 g/mol. The Balaban J connectivity index is 2.16. The number of rotatable bonds is 6. The van der Waals surface area contributed by atoms with Crippen molar-refractivity contribution in [3.63, 3.8) is 0 Å². The topological polar surface area (TPSA) is 32.3 Å². The first kappa shape index (κ1) is 15.0. The van der Waals surface area contributed by atoms with Crippen molar-refractivity contribution in [2.75, 3.05) is 0 Å². The van der Waals surface area contributed by atoms with Crippen LogP contribution >= 0.6 is 34.3 Å². The molecule has 2 nitrogen and oxygen atoms in total. The van der Waals surface area contributed by atoms with E-state index < -0.39 is 0 Å². The van der Waals surface area contributed by atoms with Crippen molar-refractivity contribution < 1.29 is 5.11 Å². The van der Waals surface area contributed by atoms with E-state index in [-0.39, 0.29) is 18.2 Å². The predicted molar refractivity (Wildman–Crippen MR) is 84.4 cm³/mol. The molecular formula is C14H18ClNOS2. The fourth-order valence-electron chi connectivity index (χ4n) is 2.11. The minimum absolute atomic E-state index is 0.159. The summed E-state index contributed by atoms with van der Waals surface area (Å²) in [7, 11) is 0. The maximum Gasteiger partial charge on any atom is 0.0931 e. The largest absolute Gasteiger partial charge is 0.393 e. The first-order chi connectivity index (χ1) is 9.06. The van der Waals surface area contributed by atoms with Crippen LogP contribution in [0, 0.1) is 0 Å². The van der Waals surface area contributed by atoms with Crippen molar-refractivity contribution in [2.45, 2.75) is 38.5 Å². The van der Waals surface area contributed by atoms with Gasteiger partial charge in [0.1, 0.15) is 0 Å². The van der Waals surface area contributed by atoms with Gasteiger partial charge in [0.25, 0.3) is 0 Å². The van der Waals surface area contributed by atoms with Crippen LogP contribution in [0.3, 0.4) is 0 Å². The number of nitrogens with one attached hydrogen (secondary N) is 1. The SMILES string of the molecule is CC(O)CC(C)NC(c1cccs1)c1ccc(Cl)s1. The van der Waals surface area contributed by atoms with E-state index in [2.05, 4.69) is 35.8 Å². The summed E-state index contributed by atoms with van der Waals surface area (Å²) in [4.78, 5) is 2.49. The third-order valence-electron chi connectivity index (χ3n) is 2.85. The zero-order valence-electron chi connectivity index (χ0n) is 11.0. The van der Waals surface area contributed by atoms with E-state index in [1.807, 2.05) is 13.0 Å². The standard InChI is InChI=1S/C14H18ClNOS2/c1-9(8-10(2)17)16-14(11-4-3-7-18-11)12-5-6-13(15)19-12/h3-7,9-10,14,16-17H,8H2,1-2H3. The Morgan fingerprint density at radius 1 is 1.26 bits per heavy atom. The van der Waals surface area contributed by atoms with Crippen molar-refractivity contribution in [1.29, 1.82) is 0 Å². The molecule has 0 saturated heterocycles. The fraction of sp³-hybridized carbons (Fsp3) is 0.429. The summed E-state index contributed by atoms with van der Waals surface area (Å²) >= 11 is 9.38. The summed E-state index contributed by atoms with van der Waals surface area (Å²) in [6.07, 6.45) is 0.444. The zero-order valence-corrected chi connectivity index (χ0v) is 13.4. The normalized spacial score (nSPS) is 16.2. The van der Waals surface area contributed by atoms with E-state index >= 15 is 0 Å². The molecule has 0 aliphatic carbocycles. The van der Waals surface area contributed by atoms with E-state index in [9.17, 15) is 5.11 Å². The number of thiophene rings is 2. The smallest absolute Gasteiger partial charge is 0.0931 e. The van der Waals surface area contributed by atoms with Crippen LogP contribution in [0.25, 0.3) is 0 Å². The van der Waals surface area contributed by atoms with Gasteiger partial charge in [-0.2, -0.15) is 0 Å². The number of hydrogen-bond acceptors (Lipinski definition) is 4. The van der Waals surface area contributed by atoms with E-state index in [1.54, 1.807) is 22.7 Å². The van der Waals surface area contributed by atoms with Gasteiger partial charge in [-0.25, -0.2) is 0 Å². The van der Waals surface area contributed by atoms with Gasteiger partial charge in [-0.05, 0) is 43.8 Å². The molecule has 0 amide bonds. The lowest BCUT2D eigenvalue weighted by Gasteiger charge is -2.22. The second-order valence-corrected chi connectivity index (χ2v) is 7.47. The summed E-state index contributed by atoms with van der Waals surface area (Å²) in [6.45, 7) is 3.92. The number of aliphatic hydroxyl groups excluding tert-OH is 1. The van der Waals surface area contributed by atoms with E-state index in [4.69, 9.17) is 11.6 Å². The van der Waals surface area contributed by atoms with Gasteiger partial charge in [0.05, 0.1) is 16.5 Å². The van der Waals surface area contributed by atoms with Crippen LogP contribution in [0.5, 0.6) is 0 Å². The maximum atomic E-state index is 9.49. The van der Waals surface area contributed by atoms with Gasteiger partial charge >= 0.3 is 0 Å². The summed E-state index contributed by atoms with van der Waals surface area (Å²) in [5.41, 5.74) is 0. The number of hydrogen-bond donors (Lipinski definition) is 2. The second-order valence-electron chi connectivity index (χ2n) is 4.74. The lowest BCUT2D eigenvalue weighted by molar-refractivity contribution is 0.169. The molecule has 3 atom stereocenters. The molecule has 2 N–H and O–H groups in total. The first-order valence-electron chi connectivity index (χ1n) is 6.29. The Morgan fingerprint density at radius 3 is 2.58 bits per heavy atom. The van der Waals surface area contributed by atoms with Gasteiger partial charge < -0.3 is 10.4 Å². The van der Waals surface area contributed by atoms with Gasteiger partial charge in [-0.15, -0.1) is 22.7 Å². The van der Waals surface area contributed by atoms with Gasteiger partial charge in [-0.1, -0.05) is 17.7 Å². The molecule has 2 aromatic rings. The molecule has 0 aromatic carbocycles. The Bertz CT molecular complexity index is 495. The second kappa shape index (κ2) is 6.86. The van der Waals surface area contributed by atoms with E-state index in [0.717, 1.165) is 10.8 Å². The van der Waals surface area contributed by atoms with Crippen LogP contribution in [-0.2, 0) is 0 Å². The molecule has 0 aliphatic heterocycles. The highest BCUT2D eigenvalue weighted by atomic mass is 35.5. The first-order valence-corrected chi connectivity index (χ1v) is 8.36. The van der Waals surface area contributed by atoms with Gasteiger partial charge in [0.15, 0.2) is 0 Å². The van der Waals surface area contributed by atoms with Crippen molar-refractivity contribution in [3.8, 4) is 0 Å². The molecule has 0 bridgehead atoms. The molecule has 0 aliphatic rings. The molecule has 2 rings (SSSR count). The van der Waals surface area contributed by atoms with Crippen molar-refractivity contribution in [3.05, 3.63) is 43.7 Å². The van der Waals surface area contributed by atoms with Crippen molar-refractivity contribution >= 4 is 34.3 Å². The summed E-state index contributed by atoms with van der Waals surface area (Å²) in [5, 5.41) is 15.1. The molecule has 2 aromatic heterocycles. The minimum atomic E-state index is -0.293. The fourth-order valence-corrected chi connectivity index (χ4v) is 4.13. The van der Waals surface area contributed by atoms with Crippen LogP contribution in [0.4, 0.5) is 0 Å². The Hall–Kier alpha value is -0.390. The van der Waals surface area contributed by atoms with Gasteiger partial charge in [-0.3, -0.25) is 0 Å². The van der Waals surface area contributed by atoms with Crippen LogP contribution < -0.4 is 5.32 Å². The monoisotopic (exact) mass is 315 g/mol. The highest BCUT2D eigenvalue weighted by Gasteiger charge is 2.19. The summed E-state index contributed by atoms with van der Waals surface area (Å²) in [5.74, 6) is 0. The number of aliphatic hydroxyl groups is 1. The minimum Gasteiger partial charge on any atom is -0.393 e. The molecule has 0 saturated carbocycles. The lowest BCUT2D eigenvalue weighted by Crippen LogP contribution is -2.32. The predicted octanol–water partition coefficient (Wildman–Crippen LogP) is 4.30. The lowest BCUT2D eigenvalue weighted by atomic mass is 10.1. The van der Waals surface area contributed by atoms with Crippen LogP contribution in [0.2, 0.25) is 4.34 Å². The molecule has 0 radical (unpaired) electrons. The Labute approximate surface area is 127 Å². The molecule has 0 spiro atoms. The van der Waals surface area contributed by atoms with E-state index in [1.165, 1.54) is 9.75 Å². The Kier molecular flexibility index (Phi) is 5.42. The van der Waals surface area contributed by atoms with Crippen LogP contribution in [0.15, 0.2) is 29.6 Å². The summed E-state index contributed by atoms with van der Waals surface area (Å²) in [6, 6.07) is 8.59. The third kappa shape index (κ3) is 4.29. The quantitative estimate of drug-likeness (QED) is 0.833. The van der Waals surface area contributed by atoms with Crippen molar-refractivity contribution in [2.24, 2.45) is 0 Å². The van der Waals surface area contributed by atoms with Crippen LogP contribution in [-0.4, -0.2) is 17.3 Å². The number of halogens is 1. The molecule has 3 unspecified atom stereocenters. The van der Waals surface area contributed by atoms with Crippen molar-refractivity contribution in [1.82, 2.24) is 5.32 Å². The zero-order chi connectivity index (χ0) is 13.8. The maximum absolute atomic E-state index is 9.49. The van der Waals surface area contributed by atoms with Crippen LogP contribution in [0.1, 0.15) is 36.1 Å². The molecule has 5 heteroatoms. The van der Waals surface area contributed by atoms with E-state index in [0.29, 0.717) is 0 Å². The van der Waals surface area contributed by atoms with Gasteiger partial charge in [0, 0.05) is 15.8 Å². The molecule has 104 valence electrons. The Morgan fingerprint density at radius 2 is 2.05 bits per heavy atom. The third-order valence-corrected chi connectivity index (χ3v) is 5.09. The molecular weight excluding hydrogens is 298 g/mol. The average Bonchev–Trinajstić information content (AvgIpc) is 2.95. The van der Waals surface area contributed by atoms with Gasteiger partial charge in [0.2, 0.25) is 0 Å². The highest BCUT2D eigenvalue weighted by molar-refractivity contribution is 7.16.